The Morgan fingerprint density at radius 1 is 0.897 bits per heavy atom. The molecule has 1 aliphatic heterocycles. The topological polar surface area (TPSA) is 45.2 Å². The first-order valence-electron chi connectivity index (χ1n) is 13.5. The van der Waals surface area contributed by atoms with Crippen molar-refractivity contribution >= 4 is 38.9 Å². The van der Waals surface area contributed by atoms with Gasteiger partial charge in [-0.05, 0) is 61.4 Å². The van der Waals surface area contributed by atoms with E-state index in [9.17, 15) is 9.90 Å². The van der Waals surface area contributed by atoms with Crippen LogP contribution in [0.2, 0.25) is 0 Å². The zero-order valence-electron chi connectivity index (χ0n) is 22.6. The van der Waals surface area contributed by atoms with Crippen LogP contribution in [-0.4, -0.2) is 38.9 Å². The van der Waals surface area contributed by atoms with E-state index in [2.05, 4.69) is 104 Å². The standard InChI is InChI=1S/C35H31N2O2/c1-21-13-16-23(17-14-21)37-20-27(25-11-7-8-12-28(25)37)31-33(38)26(34(31)39)19-30-35(2,3)32-24-10-6-5-9-22(24)15-18-29(32)36(30)4/h5-20,31,33,38H,1-4H3/q+1. The van der Waals surface area contributed by atoms with Crippen molar-refractivity contribution in [1.29, 1.82) is 0 Å². The van der Waals surface area contributed by atoms with Gasteiger partial charge in [0.05, 0.1) is 23.0 Å². The van der Waals surface area contributed by atoms with Gasteiger partial charge in [-0.3, -0.25) is 4.79 Å². The molecule has 1 fully saturated rings. The molecule has 0 radical (unpaired) electrons. The van der Waals surface area contributed by atoms with Gasteiger partial charge in [-0.2, -0.15) is 4.58 Å². The highest BCUT2D eigenvalue weighted by Crippen LogP contribution is 2.46. The number of para-hydroxylation sites is 1. The Labute approximate surface area is 228 Å². The van der Waals surface area contributed by atoms with E-state index < -0.39 is 12.0 Å². The normalized spacial score (nSPS) is 21.2. The third-order valence-corrected chi connectivity index (χ3v) is 8.78. The molecule has 0 amide bonds. The molecule has 0 saturated heterocycles. The number of aliphatic hydroxyl groups excluding tert-OH is 1. The lowest BCUT2D eigenvalue weighted by Gasteiger charge is -2.34. The number of hydrogen-bond donors (Lipinski definition) is 1. The number of carbonyl (C=O) groups is 1. The average molecular weight is 512 g/mol. The van der Waals surface area contributed by atoms with E-state index in [0.29, 0.717) is 5.57 Å². The number of benzene rings is 4. The molecule has 2 atom stereocenters. The van der Waals surface area contributed by atoms with Gasteiger partial charge in [-0.1, -0.05) is 60.2 Å². The second-order valence-corrected chi connectivity index (χ2v) is 11.4. The van der Waals surface area contributed by atoms with E-state index in [1.165, 1.54) is 21.9 Å². The Balaban J connectivity index is 1.29. The van der Waals surface area contributed by atoms with Gasteiger partial charge in [0.2, 0.25) is 5.69 Å². The maximum absolute atomic E-state index is 13.7. The van der Waals surface area contributed by atoms with E-state index in [4.69, 9.17) is 0 Å². The third-order valence-electron chi connectivity index (χ3n) is 8.78. The maximum atomic E-state index is 13.7. The summed E-state index contributed by atoms with van der Waals surface area (Å²) in [7, 11) is 2.05. The van der Waals surface area contributed by atoms with E-state index in [1.807, 2.05) is 30.5 Å². The second kappa shape index (κ2) is 8.36. The summed E-state index contributed by atoms with van der Waals surface area (Å²) in [6.45, 7) is 6.48. The Bertz CT molecular complexity index is 1890. The van der Waals surface area contributed by atoms with Crippen LogP contribution < -0.4 is 0 Å². The molecular weight excluding hydrogens is 480 g/mol. The fourth-order valence-corrected chi connectivity index (χ4v) is 6.69. The van der Waals surface area contributed by atoms with E-state index in [-0.39, 0.29) is 11.2 Å². The SMILES string of the molecule is Cc1ccc(-n2cc(C3C(=O)C(=CC4=[N+](C)c5ccc6ccccc6c5C4(C)C)C3O)c3ccccc32)cc1. The lowest BCUT2D eigenvalue weighted by Crippen LogP contribution is -2.44. The molecule has 0 spiro atoms. The molecule has 39 heavy (non-hydrogen) atoms. The number of aliphatic hydroxyl groups is 1. The van der Waals surface area contributed by atoms with Gasteiger partial charge in [-0.15, -0.1) is 0 Å². The Hall–Kier alpha value is -4.28. The molecule has 192 valence electrons. The Morgan fingerprint density at radius 3 is 2.33 bits per heavy atom. The van der Waals surface area contributed by atoms with E-state index >= 15 is 0 Å². The van der Waals surface area contributed by atoms with Crippen LogP contribution in [0.15, 0.2) is 103 Å². The largest absolute Gasteiger partial charge is 0.387 e. The number of rotatable bonds is 3. The minimum Gasteiger partial charge on any atom is -0.387 e. The number of fused-ring (bicyclic) bond motifs is 4. The molecule has 0 bridgehead atoms. The van der Waals surface area contributed by atoms with Crippen LogP contribution in [0, 0.1) is 6.92 Å². The Morgan fingerprint density at radius 2 is 1.59 bits per heavy atom. The molecule has 4 aromatic carbocycles. The van der Waals surface area contributed by atoms with Gasteiger partial charge in [0.25, 0.3) is 0 Å². The fourth-order valence-electron chi connectivity index (χ4n) is 6.69. The molecule has 7 rings (SSSR count). The quantitative estimate of drug-likeness (QED) is 0.215. The zero-order chi connectivity index (χ0) is 27.1. The van der Waals surface area contributed by atoms with Gasteiger partial charge in [0, 0.05) is 40.5 Å². The first-order valence-corrected chi connectivity index (χ1v) is 13.5. The molecule has 2 unspecified atom stereocenters. The first-order chi connectivity index (χ1) is 18.8. The van der Waals surface area contributed by atoms with Gasteiger partial charge < -0.3 is 9.67 Å². The van der Waals surface area contributed by atoms with E-state index in [0.717, 1.165) is 33.6 Å². The smallest absolute Gasteiger partial charge is 0.210 e. The Kier molecular flexibility index (Phi) is 5.10. The zero-order valence-corrected chi connectivity index (χ0v) is 22.6. The van der Waals surface area contributed by atoms with Crippen LogP contribution in [0.4, 0.5) is 5.69 Å². The second-order valence-electron chi connectivity index (χ2n) is 11.4. The number of aromatic nitrogens is 1. The van der Waals surface area contributed by atoms with Crippen molar-refractivity contribution in [2.75, 3.05) is 7.05 Å². The predicted molar refractivity (Wildman–Crippen MR) is 158 cm³/mol. The minimum atomic E-state index is -0.855. The molecule has 1 aromatic heterocycles. The first kappa shape index (κ1) is 23.8. The summed E-state index contributed by atoms with van der Waals surface area (Å²) in [4.78, 5) is 13.7. The maximum Gasteiger partial charge on any atom is 0.210 e. The van der Waals surface area contributed by atoms with Crippen LogP contribution in [0.3, 0.4) is 0 Å². The minimum absolute atomic E-state index is 0.00757. The molecule has 2 heterocycles. The lowest BCUT2D eigenvalue weighted by molar-refractivity contribution is -0.401. The van der Waals surface area contributed by atoms with Crippen molar-refractivity contribution < 1.29 is 14.5 Å². The summed E-state index contributed by atoms with van der Waals surface area (Å²) < 4.78 is 4.29. The molecule has 4 heteroatoms. The molecule has 2 aliphatic rings. The summed E-state index contributed by atoms with van der Waals surface area (Å²) >= 11 is 0. The molecule has 4 nitrogen and oxygen atoms in total. The number of ketones is 1. The summed E-state index contributed by atoms with van der Waals surface area (Å²) in [5, 5.41) is 14.9. The lowest BCUT2D eigenvalue weighted by atomic mass is 9.69. The number of hydrogen-bond acceptors (Lipinski definition) is 2. The fraction of sp³-hybridized carbons (Fsp3) is 0.200. The van der Waals surface area contributed by atoms with Crippen LogP contribution >= 0.6 is 0 Å². The highest BCUT2D eigenvalue weighted by atomic mass is 16.3. The molecule has 1 aliphatic carbocycles. The van der Waals surface area contributed by atoms with Crippen molar-refractivity contribution in [3.8, 4) is 5.69 Å². The van der Waals surface area contributed by atoms with Crippen LogP contribution in [0.5, 0.6) is 0 Å². The van der Waals surface area contributed by atoms with Crippen LogP contribution in [0.25, 0.3) is 27.4 Å². The number of aryl methyl sites for hydroxylation is 1. The number of allylic oxidation sites excluding steroid dienone is 1. The van der Waals surface area contributed by atoms with Crippen molar-refractivity contribution in [1.82, 2.24) is 4.57 Å². The molecule has 1 saturated carbocycles. The van der Waals surface area contributed by atoms with Crippen molar-refractivity contribution in [3.05, 3.63) is 119 Å². The van der Waals surface area contributed by atoms with Crippen LogP contribution in [-0.2, 0) is 10.2 Å². The molecule has 5 aromatic rings. The third kappa shape index (κ3) is 3.34. The summed E-state index contributed by atoms with van der Waals surface area (Å²) in [5.74, 6) is -0.585. The van der Waals surface area contributed by atoms with Crippen LogP contribution in [0.1, 0.15) is 36.5 Å². The van der Waals surface area contributed by atoms with Gasteiger partial charge in [0.15, 0.2) is 11.5 Å². The number of nitrogens with zero attached hydrogens (tertiary/aromatic N) is 2. The highest BCUT2D eigenvalue weighted by Gasteiger charge is 2.50. The number of Topliss-reactive ketones (excluding diaryl/α,β-unsaturated/α-hetero) is 1. The average Bonchev–Trinajstić information content (AvgIpc) is 3.40. The summed E-state index contributed by atoms with van der Waals surface area (Å²) in [5.41, 5.74) is 7.73. The van der Waals surface area contributed by atoms with E-state index in [1.54, 1.807) is 0 Å². The molecule has 1 N–H and O–H groups in total. The van der Waals surface area contributed by atoms with Gasteiger partial charge in [0.1, 0.15) is 7.05 Å². The van der Waals surface area contributed by atoms with Crippen molar-refractivity contribution in [2.45, 2.75) is 38.2 Å². The highest BCUT2D eigenvalue weighted by molar-refractivity contribution is 6.17. The monoisotopic (exact) mass is 511 g/mol. The predicted octanol–water partition coefficient (Wildman–Crippen LogP) is 6.75. The van der Waals surface area contributed by atoms with Gasteiger partial charge in [-0.25, -0.2) is 0 Å². The summed E-state index contributed by atoms with van der Waals surface area (Å²) in [6, 6.07) is 29.2. The molecular formula is C35H31N2O2+. The van der Waals surface area contributed by atoms with Gasteiger partial charge >= 0.3 is 0 Å². The summed E-state index contributed by atoms with van der Waals surface area (Å²) in [6.07, 6.45) is 3.11. The van der Waals surface area contributed by atoms with Crippen molar-refractivity contribution in [3.63, 3.8) is 0 Å². The van der Waals surface area contributed by atoms with Crippen molar-refractivity contribution in [2.24, 2.45) is 0 Å². The number of carbonyl (C=O) groups excluding carboxylic acids is 1.